The summed E-state index contributed by atoms with van der Waals surface area (Å²) in [4.78, 5) is 0. The third-order valence-electron chi connectivity index (χ3n) is 5.00. The quantitative estimate of drug-likeness (QED) is 0.366. The zero-order valence-corrected chi connectivity index (χ0v) is 15.4. The van der Waals surface area contributed by atoms with Crippen LogP contribution in [0.4, 0.5) is 8.78 Å². The van der Waals surface area contributed by atoms with E-state index in [-0.39, 0.29) is 11.5 Å². The summed E-state index contributed by atoms with van der Waals surface area (Å²) < 4.78 is 38.6. The van der Waals surface area contributed by atoms with Crippen LogP contribution < -0.4 is 9.47 Å². The van der Waals surface area contributed by atoms with E-state index >= 15 is 0 Å². The number of rotatable bonds is 9. The van der Waals surface area contributed by atoms with Crippen LogP contribution in [0.3, 0.4) is 0 Å². The van der Waals surface area contributed by atoms with Crippen molar-refractivity contribution in [3.8, 4) is 11.5 Å². The van der Waals surface area contributed by atoms with E-state index < -0.39 is 11.6 Å². The van der Waals surface area contributed by atoms with E-state index in [0.29, 0.717) is 12.5 Å². The minimum absolute atomic E-state index is 0.0320. The van der Waals surface area contributed by atoms with Crippen molar-refractivity contribution >= 4 is 0 Å². The highest BCUT2D eigenvalue weighted by atomic mass is 19.2. The van der Waals surface area contributed by atoms with Crippen LogP contribution in [0.5, 0.6) is 11.5 Å². The summed E-state index contributed by atoms with van der Waals surface area (Å²) in [7, 11) is 0. The van der Waals surface area contributed by atoms with Gasteiger partial charge >= 0.3 is 0 Å². The number of allylic oxidation sites excluding steroid dienone is 1. The highest BCUT2D eigenvalue weighted by molar-refractivity contribution is 5.35. The molecule has 25 heavy (non-hydrogen) atoms. The zero-order chi connectivity index (χ0) is 18.1. The van der Waals surface area contributed by atoms with Gasteiger partial charge in [0.15, 0.2) is 11.5 Å². The second kappa shape index (κ2) is 10.4. The van der Waals surface area contributed by atoms with Crippen molar-refractivity contribution in [2.45, 2.75) is 65.2 Å². The molecule has 1 aliphatic rings. The smallest absolute Gasteiger partial charge is 0.205 e. The van der Waals surface area contributed by atoms with Gasteiger partial charge in [-0.1, -0.05) is 51.5 Å². The Morgan fingerprint density at radius 2 is 1.64 bits per heavy atom. The van der Waals surface area contributed by atoms with Crippen molar-refractivity contribution in [1.82, 2.24) is 0 Å². The van der Waals surface area contributed by atoms with Gasteiger partial charge in [0.05, 0.1) is 12.9 Å². The van der Waals surface area contributed by atoms with Crippen molar-refractivity contribution in [3.63, 3.8) is 0 Å². The molecule has 1 fully saturated rings. The lowest BCUT2D eigenvalue weighted by Gasteiger charge is -2.28. The monoisotopic (exact) mass is 352 g/mol. The first-order chi connectivity index (χ1) is 12.2. The minimum Gasteiger partial charge on any atom is -0.490 e. The molecule has 0 spiro atoms. The SMILES string of the molecule is C/C=C/Oc1ccc(OCC2CCC(CCCCC)CC2)c(F)c1F. The Morgan fingerprint density at radius 3 is 2.32 bits per heavy atom. The van der Waals surface area contributed by atoms with Crippen molar-refractivity contribution in [3.05, 3.63) is 36.1 Å². The number of benzene rings is 1. The van der Waals surface area contributed by atoms with Gasteiger partial charge in [0.2, 0.25) is 11.6 Å². The van der Waals surface area contributed by atoms with Gasteiger partial charge in [-0.2, -0.15) is 8.78 Å². The molecule has 0 atom stereocenters. The third kappa shape index (κ3) is 6.02. The first kappa shape index (κ1) is 19.7. The summed E-state index contributed by atoms with van der Waals surface area (Å²) in [5.41, 5.74) is 0. The van der Waals surface area contributed by atoms with Crippen molar-refractivity contribution in [2.75, 3.05) is 6.61 Å². The van der Waals surface area contributed by atoms with E-state index in [9.17, 15) is 8.78 Å². The Kier molecular flexibility index (Phi) is 8.23. The maximum Gasteiger partial charge on any atom is 0.205 e. The number of unbranched alkanes of at least 4 members (excludes halogenated alkanes) is 2. The highest BCUT2D eigenvalue weighted by Crippen LogP contribution is 2.33. The summed E-state index contributed by atoms with van der Waals surface area (Å²) in [6.45, 7) is 4.42. The van der Waals surface area contributed by atoms with Crippen LogP contribution in [0.25, 0.3) is 0 Å². The van der Waals surface area contributed by atoms with Crippen LogP contribution in [0.15, 0.2) is 24.5 Å². The maximum atomic E-state index is 14.1. The van der Waals surface area contributed by atoms with Gasteiger partial charge in [-0.25, -0.2) is 0 Å². The fraction of sp³-hybridized carbons (Fsp3) is 0.619. The van der Waals surface area contributed by atoms with Crippen LogP contribution in [-0.2, 0) is 0 Å². The summed E-state index contributed by atoms with van der Waals surface area (Å²) in [6.07, 6.45) is 12.9. The average Bonchev–Trinajstić information content (AvgIpc) is 2.63. The third-order valence-corrected chi connectivity index (χ3v) is 5.00. The van der Waals surface area contributed by atoms with Gasteiger partial charge in [0.1, 0.15) is 0 Å². The molecule has 0 saturated heterocycles. The van der Waals surface area contributed by atoms with E-state index in [1.165, 1.54) is 56.9 Å². The fourth-order valence-corrected chi connectivity index (χ4v) is 3.44. The number of ether oxygens (including phenoxy) is 2. The Labute approximate surface area is 150 Å². The van der Waals surface area contributed by atoms with E-state index in [2.05, 4.69) is 6.92 Å². The molecule has 0 amide bonds. The largest absolute Gasteiger partial charge is 0.490 e. The van der Waals surface area contributed by atoms with Gasteiger partial charge < -0.3 is 9.47 Å². The van der Waals surface area contributed by atoms with Crippen molar-refractivity contribution in [2.24, 2.45) is 11.8 Å². The molecule has 1 aliphatic carbocycles. The molecule has 1 aromatic carbocycles. The average molecular weight is 352 g/mol. The van der Waals surface area contributed by atoms with Crippen LogP contribution in [0.2, 0.25) is 0 Å². The van der Waals surface area contributed by atoms with Crippen molar-refractivity contribution < 1.29 is 18.3 Å². The normalized spacial score (nSPS) is 20.8. The molecule has 0 heterocycles. The Balaban J connectivity index is 1.79. The van der Waals surface area contributed by atoms with Crippen LogP contribution >= 0.6 is 0 Å². The highest BCUT2D eigenvalue weighted by Gasteiger charge is 2.22. The molecular formula is C21H30F2O2. The summed E-state index contributed by atoms with van der Waals surface area (Å²) in [5, 5.41) is 0. The number of hydrogen-bond acceptors (Lipinski definition) is 2. The van der Waals surface area contributed by atoms with Crippen LogP contribution in [0.1, 0.15) is 65.2 Å². The molecule has 0 N–H and O–H groups in total. The predicted molar refractivity (Wildman–Crippen MR) is 96.9 cm³/mol. The summed E-state index contributed by atoms with van der Waals surface area (Å²) in [6, 6.07) is 2.84. The van der Waals surface area contributed by atoms with Crippen LogP contribution in [-0.4, -0.2) is 6.61 Å². The van der Waals surface area contributed by atoms with Gasteiger partial charge in [0, 0.05) is 0 Å². The molecule has 0 aliphatic heterocycles. The fourth-order valence-electron chi connectivity index (χ4n) is 3.44. The Bertz CT molecular complexity index is 549. The topological polar surface area (TPSA) is 18.5 Å². The molecule has 140 valence electrons. The lowest BCUT2D eigenvalue weighted by Crippen LogP contribution is -2.20. The molecule has 0 bridgehead atoms. The van der Waals surface area contributed by atoms with E-state index in [1.807, 2.05) is 0 Å². The summed E-state index contributed by atoms with van der Waals surface area (Å²) >= 11 is 0. The van der Waals surface area contributed by atoms with Crippen molar-refractivity contribution in [1.29, 1.82) is 0 Å². The van der Waals surface area contributed by atoms with Gasteiger partial charge in [-0.15, -0.1) is 0 Å². The minimum atomic E-state index is -1.00. The lowest BCUT2D eigenvalue weighted by atomic mass is 9.80. The van der Waals surface area contributed by atoms with Crippen LogP contribution in [0, 0.1) is 23.5 Å². The Morgan fingerprint density at radius 1 is 1.00 bits per heavy atom. The molecule has 0 radical (unpaired) electrons. The number of halogens is 2. The summed E-state index contributed by atoms with van der Waals surface area (Å²) in [5.74, 6) is -0.875. The molecule has 1 aromatic rings. The molecule has 1 saturated carbocycles. The lowest BCUT2D eigenvalue weighted by molar-refractivity contribution is 0.172. The molecular weight excluding hydrogens is 322 g/mol. The van der Waals surface area contributed by atoms with E-state index in [4.69, 9.17) is 9.47 Å². The molecule has 2 nitrogen and oxygen atoms in total. The first-order valence-corrected chi connectivity index (χ1v) is 9.54. The molecule has 0 aromatic heterocycles. The van der Waals surface area contributed by atoms with Gasteiger partial charge in [0.25, 0.3) is 0 Å². The number of hydrogen-bond donors (Lipinski definition) is 0. The van der Waals surface area contributed by atoms with Gasteiger partial charge in [-0.05, 0) is 43.7 Å². The zero-order valence-electron chi connectivity index (χ0n) is 15.4. The molecule has 4 heteroatoms. The van der Waals surface area contributed by atoms with E-state index in [0.717, 1.165) is 18.8 Å². The first-order valence-electron chi connectivity index (χ1n) is 9.54. The van der Waals surface area contributed by atoms with Gasteiger partial charge in [-0.3, -0.25) is 0 Å². The predicted octanol–water partition coefficient (Wildman–Crippen LogP) is 6.64. The Hall–Kier alpha value is -1.58. The second-order valence-corrected chi connectivity index (χ2v) is 6.97. The maximum absolute atomic E-state index is 14.1. The standard InChI is InChI=1S/C21H30F2O2/c1-3-5-6-7-16-8-10-17(11-9-16)15-25-19-13-12-18(24-14-4-2)20(22)21(19)23/h4,12-14,16-17H,3,5-11,15H2,1-2H3/b14-4+. The molecule has 2 rings (SSSR count). The molecule has 0 unspecified atom stereocenters. The van der Waals surface area contributed by atoms with E-state index in [1.54, 1.807) is 13.0 Å². The second-order valence-electron chi connectivity index (χ2n) is 6.97.